The van der Waals surface area contributed by atoms with Crippen molar-refractivity contribution in [2.45, 2.75) is 13.0 Å². The second-order valence-electron chi connectivity index (χ2n) is 3.94. The van der Waals surface area contributed by atoms with Crippen molar-refractivity contribution in [2.24, 2.45) is 0 Å². The van der Waals surface area contributed by atoms with Crippen molar-refractivity contribution in [2.75, 3.05) is 17.7 Å². The summed E-state index contributed by atoms with van der Waals surface area (Å²) in [7, 11) is 0. The molecule has 0 amide bonds. The third-order valence-corrected chi connectivity index (χ3v) is 3.84. The summed E-state index contributed by atoms with van der Waals surface area (Å²) in [4.78, 5) is 22.5. The molecular weight excluding hydrogens is 337 g/mol. The number of carbonyl (C=O) groups excluding carboxylic acids is 1. The number of aryl methyl sites for hydroxylation is 1. The minimum absolute atomic E-state index is 0.0364. The summed E-state index contributed by atoms with van der Waals surface area (Å²) >= 11 is 8.68. The fourth-order valence-electron chi connectivity index (χ4n) is 1.44. The second kappa shape index (κ2) is 6.88. The molecule has 1 rings (SSSR count). The molecule has 0 aliphatic rings. The number of rotatable bonds is 6. The number of aliphatic hydroxyl groups is 1. The van der Waals surface area contributed by atoms with Crippen LogP contribution < -0.4 is 5.32 Å². The number of carbonyl (C=O) groups is 2. The minimum Gasteiger partial charge on any atom is -0.475 e. The Bertz CT molecular complexity index is 507. The molecule has 0 saturated carbocycles. The Labute approximate surface area is 123 Å². The van der Waals surface area contributed by atoms with Crippen LogP contribution in [0, 0.1) is 6.92 Å². The molecule has 0 saturated heterocycles. The first-order valence-corrected chi connectivity index (χ1v) is 6.75. The largest absolute Gasteiger partial charge is 0.475 e. The Kier molecular flexibility index (Phi) is 5.78. The summed E-state index contributed by atoms with van der Waals surface area (Å²) in [6.45, 7) is 1.87. The predicted molar refractivity (Wildman–Crippen MR) is 76.1 cm³/mol. The molecule has 19 heavy (non-hydrogen) atoms. The Hall–Kier alpha value is -1.11. The van der Waals surface area contributed by atoms with E-state index in [2.05, 4.69) is 21.2 Å². The molecule has 104 valence electrons. The van der Waals surface area contributed by atoms with E-state index in [0.717, 1.165) is 5.56 Å². The summed E-state index contributed by atoms with van der Waals surface area (Å²) in [6.07, 6.45) is -0.783. The number of ketones is 1. The fourth-order valence-corrected chi connectivity index (χ4v) is 2.07. The van der Waals surface area contributed by atoms with E-state index < -0.39 is 17.9 Å². The zero-order valence-corrected chi connectivity index (χ0v) is 12.5. The van der Waals surface area contributed by atoms with Crippen molar-refractivity contribution < 1.29 is 19.8 Å². The molecule has 1 unspecified atom stereocenters. The van der Waals surface area contributed by atoms with Gasteiger partial charge in [-0.15, -0.1) is 11.6 Å². The van der Waals surface area contributed by atoms with Crippen molar-refractivity contribution in [1.82, 2.24) is 0 Å². The Balaban J connectivity index is 3.13. The maximum atomic E-state index is 11.7. The van der Waals surface area contributed by atoms with E-state index in [1.54, 1.807) is 19.1 Å². The number of Topliss-reactive ketones (excluding diaryl/α,β-unsaturated/α-hetero) is 1. The Morgan fingerprint density at radius 2 is 2.11 bits per heavy atom. The van der Waals surface area contributed by atoms with Gasteiger partial charge < -0.3 is 15.5 Å². The van der Waals surface area contributed by atoms with Crippen LogP contribution in [0.15, 0.2) is 16.6 Å². The first-order valence-electron chi connectivity index (χ1n) is 5.43. The van der Waals surface area contributed by atoms with Gasteiger partial charge in [0.05, 0.1) is 17.5 Å². The monoisotopic (exact) mass is 349 g/mol. The predicted octanol–water partition coefficient (Wildman–Crippen LogP) is 2.04. The molecular formula is C12H13BrClNO4. The molecule has 7 heteroatoms. The fraction of sp³-hybridized carbons (Fsp3) is 0.333. The minimum atomic E-state index is -1.53. The van der Waals surface area contributed by atoms with E-state index in [1.165, 1.54) is 0 Å². The lowest BCUT2D eigenvalue weighted by atomic mass is 10.0. The lowest BCUT2D eigenvalue weighted by molar-refractivity contribution is -0.131. The molecule has 0 radical (unpaired) electrons. The quantitative estimate of drug-likeness (QED) is 0.415. The van der Waals surface area contributed by atoms with Gasteiger partial charge in [0.15, 0.2) is 0 Å². The Morgan fingerprint density at radius 3 is 2.63 bits per heavy atom. The van der Waals surface area contributed by atoms with Crippen LogP contribution in [0.25, 0.3) is 0 Å². The van der Waals surface area contributed by atoms with Crippen LogP contribution in [-0.2, 0) is 4.79 Å². The molecule has 1 aromatic rings. The number of hydrogen-bond acceptors (Lipinski definition) is 4. The van der Waals surface area contributed by atoms with Gasteiger partial charge >= 0.3 is 5.97 Å². The van der Waals surface area contributed by atoms with Crippen LogP contribution in [0.2, 0.25) is 0 Å². The van der Waals surface area contributed by atoms with E-state index in [4.69, 9.17) is 16.7 Å². The molecule has 1 atom stereocenters. The number of benzene rings is 1. The number of aliphatic hydroxyl groups excluding tert-OH is 1. The van der Waals surface area contributed by atoms with Crippen molar-refractivity contribution in [3.8, 4) is 0 Å². The van der Waals surface area contributed by atoms with Crippen molar-refractivity contribution in [3.63, 3.8) is 0 Å². The molecule has 0 aliphatic heterocycles. The van der Waals surface area contributed by atoms with Gasteiger partial charge in [0.25, 0.3) is 5.78 Å². The maximum absolute atomic E-state index is 11.7. The van der Waals surface area contributed by atoms with Crippen molar-refractivity contribution in [3.05, 3.63) is 27.7 Å². The van der Waals surface area contributed by atoms with E-state index >= 15 is 0 Å². The van der Waals surface area contributed by atoms with Gasteiger partial charge in [-0.1, -0.05) is 6.07 Å². The number of alkyl halides is 1. The highest BCUT2D eigenvalue weighted by Crippen LogP contribution is 2.29. The molecule has 0 heterocycles. The maximum Gasteiger partial charge on any atom is 0.377 e. The Morgan fingerprint density at radius 1 is 1.47 bits per heavy atom. The number of halogens is 2. The van der Waals surface area contributed by atoms with Gasteiger partial charge in [-0.05, 0) is 34.5 Å². The van der Waals surface area contributed by atoms with Gasteiger partial charge in [0.1, 0.15) is 0 Å². The topological polar surface area (TPSA) is 86.6 Å². The molecule has 0 bridgehead atoms. The van der Waals surface area contributed by atoms with E-state index in [9.17, 15) is 14.7 Å². The van der Waals surface area contributed by atoms with Gasteiger partial charge in [-0.3, -0.25) is 4.79 Å². The summed E-state index contributed by atoms with van der Waals surface area (Å²) in [5.41, 5.74) is 1.12. The number of carboxylic acids is 1. The first kappa shape index (κ1) is 15.9. The molecule has 1 aromatic carbocycles. The highest BCUT2D eigenvalue weighted by atomic mass is 79.9. The third kappa shape index (κ3) is 3.92. The number of carboxylic acid groups (broad SMARTS) is 1. The summed E-state index contributed by atoms with van der Waals surface area (Å²) < 4.78 is 0.422. The van der Waals surface area contributed by atoms with E-state index in [0.29, 0.717) is 10.2 Å². The zero-order valence-electron chi connectivity index (χ0n) is 10.1. The van der Waals surface area contributed by atoms with E-state index in [-0.39, 0.29) is 18.0 Å². The highest BCUT2D eigenvalue weighted by Gasteiger charge is 2.23. The van der Waals surface area contributed by atoms with Crippen molar-refractivity contribution in [1.29, 1.82) is 0 Å². The standard InChI is InChI=1S/C12H13BrClNO4/c1-6-2-3-8(15-5-7(16)4-14)9(10(6)13)11(17)12(18)19/h2-3,7,15-16H,4-5H2,1H3,(H,18,19). The molecule has 0 aromatic heterocycles. The van der Waals surface area contributed by atoms with E-state index in [1.807, 2.05) is 0 Å². The summed E-state index contributed by atoms with van der Waals surface area (Å²) in [6, 6.07) is 3.33. The smallest absolute Gasteiger partial charge is 0.377 e. The second-order valence-corrected chi connectivity index (χ2v) is 5.04. The SMILES string of the molecule is Cc1ccc(NCC(O)CCl)c(C(=O)C(=O)O)c1Br. The number of anilines is 1. The molecule has 0 fully saturated rings. The van der Waals surface area contributed by atoms with Gasteiger partial charge in [-0.25, -0.2) is 4.79 Å². The van der Waals surface area contributed by atoms with Crippen LogP contribution in [0.1, 0.15) is 15.9 Å². The van der Waals surface area contributed by atoms with Crippen LogP contribution in [0.5, 0.6) is 0 Å². The molecule has 5 nitrogen and oxygen atoms in total. The number of nitrogens with one attached hydrogen (secondary N) is 1. The lowest BCUT2D eigenvalue weighted by Gasteiger charge is -2.15. The zero-order chi connectivity index (χ0) is 14.6. The summed E-state index contributed by atoms with van der Waals surface area (Å²) in [5, 5.41) is 21.0. The van der Waals surface area contributed by atoms with Crippen LogP contribution in [-0.4, -0.2) is 40.5 Å². The molecule has 0 spiro atoms. The average Bonchev–Trinajstić information content (AvgIpc) is 2.38. The van der Waals surface area contributed by atoms with Crippen LogP contribution >= 0.6 is 27.5 Å². The normalized spacial score (nSPS) is 12.0. The number of hydrogen-bond donors (Lipinski definition) is 3. The first-order chi connectivity index (χ1) is 8.88. The molecule has 3 N–H and O–H groups in total. The third-order valence-electron chi connectivity index (χ3n) is 2.46. The van der Waals surface area contributed by atoms with Gasteiger partial charge in [0.2, 0.25) is 0 Å². The van der Waals surface area contributed by atoms with Crippen molar-refractivity contribution >= 4 is 45.0 Å². The molecule has 0 aliphatic carbocycles. The summed E-state index contributed by atoms with van der Waals surface area (Å²) in [5.74, 6) is -2.51. The van der Waals surface area contributed by atoms with Crippen LogP contribution in [0.3, 0.4) is 0 Å². The van der Waals surface area contributed by atoms with Crippen LogP contribution in [0.4, 0.5) is 5.69 Å². The highest BCUT2D eigenvalue weighted by molar-refractivity contribution is 9.10. The average molecular weight is 351 g/mol. The lowest BCUT2D eigenvalue weighted by Crippen LogP contribution is -2.23. The van der Waals surface area contributed by atoms with Gasteiger partial charge in [0, 0.05) is 16.7 Å². The van der Waals surface area contributed by atoms with Gasteiger partial charge in [-0.2, -0.15) is 0 Å². The number of aliphatic carboxylic acids is 1.